The van der Waals surface area contributed by atoms with Crippen molar-refractivity contribution in [2.45, 2.75) is 13.0 Å². The quantitative estimate of drug-likeness (QED) is 0.464. The predicted octanol–water partition coefficient (Wildman–Crippen LogP) is 4.00. The number of aliphatic hydroxyl groups excluding tert-OH is 1. The molecule has 0 saturated carbocycles. The first-order valence-corrected chi connectivity index (χ1v) is 10.3. The molecule has 1 amide bonds. The molecule has 0 aliphatic rings. The second-order valence-corrected chi connectivity index (χ2v) is 7.41. The highest BCUT2D eigenvalue weighted by Crippen LogP contribution is 2.26. The van der Waals surface area contributed by atoms with Crippen molar-refractivity contribution in [3.63, 3.8) is 0 Å². The van der Waals surface area contributed by atoms with Gasteiger partial charge in [-0.15, -0.1) is 0 Å². The smallest absolute Gasteiger partial charge is 0.258 e. The topological polar surface area (TPSA) is 88.8 Å². The number of amides is 1. The number of carbonyl (C=O) groups excluding carboxylic acids is 1. The first-order valence-electron chi connectivity index (χ1n) is 10.3. The highest BCUT2D eigenvalue weighted by atomic mass is 16.5. The summed E-state index contributed by atoms with van der Waals surface area (Å²) >= 11 is 0. The summed E-state index contributed by atoms with van der Waals surface area (Å²) in [6.45, 7) is 1.61. The Balaban J connectivity index is 1.43. The van der Waals surface area contributed by atoms with Crippen LogP contribution in [0.5, 0.6) is 5.75 Å². The Hall–Kier alpha value is -3.90. The van der Waals surface area contributed by atoms with Gasteiger partial charge in [0.15, 0.2) is 6.61 Å². The lowest BCUT2D eigenvalue weighted by molar-refractivity contribution is -0.123. The van der Waals surface area contributed by atoms with Gasteiger partial charge in [0.25, 0.3) is 5.91 Å². The fourth-order valence-corrected chi connectivity index (χ4v) is 3.52. The van der Waals surface area contributed by atoms with Gasteiger partial charge in [0, 0.05) is 12.6 Å². The summed E-state index contributed by atoms with van der Waals surface area (Å²) < 4.78 is 11.4. The zero-order valence-corrected chi connectivity index (χ0v) is 17.6. The minimum Gasteiger partial charge on any atom is -0.484 e. The van der Waals surface area contributed by atoms with Gasteiger partial charge in [-0.1, -0.05) is 60.7 Å². The maximum absolute atomic E-state index is 13.0. The van der Waals surface area contributed by atoms with E-state index in [1.54, 1.807) is 37.3 Å². The van der Waals surface area contributed by atoms with Crippen molar-refractivity contribution in [1.82, 2.24) is 5.32 Å². The number of benzene rings is 3. The summed E-state index contributed by atoms with van der Waals surface area (Å²) in [6, 6.07) is 23.4. The summed E-state index contributed by atoms with van der Waals surface area (Å²) in [7, 11) is 0. The Kier molecular flexibility index (Phi) is 6.33. The van der Waals surface area contributed by atoms with E-state index in [0.29, 0.717) is 28.0 Å². The minimum absolute atomic E-state index is 0.0836. The van der Waals surface area contributed by atoms with Crippen molar-refractivity contribution in [1.29, 1.82) is 0 Å². The Morgan fingerprint density at radius 3 is 2.44 bits per heavy atom. The second kappa shape index (κ2) is 9.49. The summed E-state index contributed by atoms with van der Waals surface area (Å²) in [4.78, 5) is 25.1. The molecule has 0 radical (unpaired) electrons. The van der Waals surface area contributed by atoms with E-state index in [1.807, 2.05) is 48.5 Å². The van der Waals surface area contributed by atoms with E-state index < -0.39 is 6.10 Å². The first kappa shape index (κ1) is 21.3. The third-order valence-corrected chi connectivity index (χ3v) is 5.15. The average molecular weight is 429 g/mol. The highest BCUT2D eigenvalue weighted by molar-refractivity contribution is 5.84. The van der Waals surface area contributed by atoms with Crippen molar-refractivity contribution in [2.24, 2.45) is 0 Å². The number of nitrogens with one attached hydrogen (secondary N) is 1. The molecule has 0 fully saturated rings. The molecule has 162 valence electrons. The fraction of sp³-hybridized carbons (Fsp3) is 0.154. The lowest BCUT2D eigenvalue weighted by Crippen LogP contribution is -2.32. The number of rotatable bonds is 7. The molecule has 1 heterocycles. The highest BCUT2D eigenvalue weighted by Gasteiger charge is 2.14. The third kappa shape index (κ3) is 4.71. The van der Waals surface area contributed by atoms with Gasteiger partial charge in [-0.2, -0.15) is 0 Å². The standard InChI is InChI=1S/C26H23NO5/c1-17-25(19-10-6-3-7-11-19)26(30)21-13-12-20(14-23(21)32-17)31-16-24(29)27-15-22(28)18-8-4-2-5-9-18/h2-14,22,28H,15-16H2,1H3,(H,27,29)/t22-/m1/s1. The van der Waals surface area contributed by atoms with Crippen LogP contribution >= 0.6 is 0 Å². The summed E-state index contributed by atoms with van der Waals surface area (Å²) in [6.07, 6.45) is -0.795. The van der Waals surface area contributed by atoms with Crippen molar-refractivity contribution in [3.05, 3.63) is 100 Å². The molecule has 6 heteroatoms. The average Bonchev–Trinajstić information content (AvgIpc) is 2.82. The SMILES string of the molecule is Cc1oc2cc(OCC(=O)NC[C@@H](O)c3ccccc3)ccc2c(=O)c1-c1ccccc1. The zero-order valence-electron chi connectivity index (χ0n) is 17.6. The van der Waals surface area contributed by atoms with Gasteiger partial charge in [0.1, 0.15) is 17.1 Å². The number of carbonyl (C=O) groups is 1. The molecule has 4 rings (SSSR count). The molecule has 0 bridgehead atoms. The lowest BCUT2D eigenvalue weighted by atomic mass is 10.0. The second-order valence-electron chi connectivity index (χ2n) is 7.41. The summed E-state index contributed by atoms with van der Waals surface area (Å²) in [5.41, 5.74) is 2.33. The normalized spacial score (nSPS) is 11.8. The van der Waals surface area contributed by atoms with Crippen molar-refractivity contribution in [2.75, 3.05) is 13.2 Å². The van der Waals surface area contributed by atoms with Gasteiger partial charge in [0.2, 0.25) is 5.43 Å². The monoisotopic (exact) mass is 429 g/mol. The number of hydrogen-bond donors (Lipinski definition) is 2. The predicted molar refractivity (Wildman–Crippen MR) is 123 cm³/mol. The Labute approximate surface area is 185 Å². The molecule has 0 saturated heterocycles. The van der Waals surface area contributed by atoms with Crippen LogP contribution in [0, 0.1) is 6.92 Å². The number of hydrogen-bond acceptors (Lipinski definition) is 5. The fourth-order valence-electron chi connectivity index (χ4n) is 3.52. The van der Waals surface area contributed by atoms with Gasteiger partial charge in [0.05, 0.1) is 17.1 Å². The number of ether oxygens (including phenoxy) is 1. The molecular formula is C26H23NO5. The van der Waals surface area contributed by atoms with E-state index in [4.69, 9.17) is 9.15 Å². The van der Waals surface area contributed by atoms with E-state index >= 15 is 0 Å². The van der Waals surface area contributed by atoms with Crippen molar-refractivity contribution < 1.29 is 19.1 Å². The molecule has 6 nitrogen and oxygen atoms in total. The van der Waals surface area contributed by atoms with Crippen LogP contribution in [0.3, 0.4) is 0 Å². The molecule has 3 aromatic carbocycles. The van der Waals surface area contributed by atoms with Crippen LogP contribution in [0.4, 0.5) is 0 Å². The summed E-state index contributed by atoms with van der Waals surface area (Å²) in [5, 5.41) is 13.2. The van der Waals surface area contributed by atoms with Crippen LogP contribution < -0.4 is 15.5 Å². The van der Waals surface area contributed by atoms with E-state index in [2.05, 4.69) is 5.32 Å². The molecule has 2 N–H and O–H groups in total. The van der Waals surface area contributed by atoms with Crippen LogP contribution in [0.1, 0.15) is 17.4 Å². The molecule has 0 spiro atoms. The van der Waals surface area contributed by atoms with Gasteiger partial charge in [-0.3, -0.25) is 9.59 Å². The largest absolute Gasteiger partial charge is 0.484 e. The molecule has 0 aliphatic carbocycles. The minimum atomic E-state index is -0.795. The van der Waals surface area contributed by atoms with Crippen LogP contribution in [0.15, 0.2) is 88.1 Å². The first-order chi connectivity index (χ1) is 15.5. The molecule has 4 aromatic rings. The Bertz CT molecular complexity index is 1280. The Morgan fingerprint density at radius 2 is 1.72 bits per heavy atom. The molecule has 0 aliphatic heterocycles. The maximum Gasteiger partial charge on any atom is 0.258 e. The van der Waals surface area contributed by atoms with Gasteiger partial charge in [-0.05, 0) is 30.2 Å². The van der Waals surface area contributed by atoms with Crippen LogP contribution in [-0.2, 0) is 4.79 Å². The van der Waals surface area contributed by atoms with E-state index in [0.717, 1.165) is 11.1 Å². The number of fused-ring (bicyclic) bond motifs is 1. The third-order valence-electron chi connectivity index (χ3n) is 5.15. The van der Waals surface area contributed by atoms with Crippen LogP contribution in [0.2, 0.25) is 0 Å². The molecule has 0 unspecified atom stereocenters. The van der Waals surface area contributed by atoms with Crippen molar-refractivity contribution >= 4 is 16.9 Å². The van der Waals surface area contributed by atoms with Crippen LogP contribution in [0.25, 0.3) is 22.1 Å². The maximum atomic E-state index is 13.0. The number of aliphatic hydroxyl groups is 1. The molecule has 32 heavy (non-hydrogen) atoms. The van der Waals surface area contributed by atoms with Gasteiger partial charge in [-0.25, -0.2) is 0 Å². The molecule has 1 atom stereocenters. The molecular weight excluding hydrogens is 406 g/mol. The van der Waals surface area contributed by atoms with Crippen molar-refractivity contribution in [3.8, 4) is 16.9 Å². The Morgan fingerprint density at radius 1 is 1.03 bits per heavy atom. The number of aryl methyl sites for hydroxylation is 1. The van der Waals surface area contributed by atoms with Gasteiger partial charge < -0.3 is 19.6 Å². The molecule has 1 aromatic heterocycles. The van der Waals surface area contributed by atoms with E-state index in [1.165, 1.54) is 0 Å². The lowest BCUT2D eigenvalue weighted by Gasteiger charge is -2.13. The summed E-state index contributed by atoms with van der Waals surface area (Å²) in [5.74, 6) is 0.557. The van der Waals surface area contributed by atoms with Gasteiger partial charge >= 0.3 is 0 Å². The van der Waals surface area contributed by atoms with Crippen LogP contribution in [-0.4, -0.2) is 24.2 Å². The van der Waals surface area contributed by atoms with E-state index in [9.17, 15) is 14.7 Å². The zero-order chi connectivity index (χ0) is 22.5. The van der Waals surface area contributed by atoms with E-state index in [-0.39, 0.29) is 24.5 Å².